The van der Waals surface area contributed by atoms with Gasteiger partial charge < -0.3 is 15.0 Å². The van der Waals surface area contributed by atoms with Crippen LogP contribution in [0.3, 0.4) is 0 Å². The molecule has 1 aromatic heterocycles. The Bertz CT molecular complexity index is 1350. The number of fused-ring (bicyclic) bond motifs is 2. The van der Waals surface area contributed by atoms with Crippen LogP contribution < -0.4 is 21.3 Å². The molecule has 4 rings (SSSR count). The fourth-order valence-electron chi connectivity index (χ4n) is 3.95. The van der Waals surface area contributed by atoms with Gasteiger partial charge in [0.2, 0.25) is 0 Å². The number of aryl methyl sites for hydroxylation is 2. The number of hydrogen-bond donors (Lipinski definition) is 2. The van der Waals surface area contributed by atoms with Gasteiger partial charge in [0.25, 0.3) is 5.56 Å². The lowest BCUT2D eigenvalue weighted by Gasteiger charge is -2.31. The molecule has 0 unspecified atom stereocenters. The molecule has 0 spiro atoms. The number of anilines is 2. The Morgan fingerprint density at radius 1 is 1.15 bits per heavy atom. The zero-order chi connectivity index (χ0) is 23.5. The van der Waals surface area contributed by atoms with Gasteiger partial charge in [0.1, 0.15) is 5.48 Å². The predicted octanol–water partition coefficient (Wildman–Crippen LogP) is 2.18. The molecular formula is C25H27N5O3. The second-order valence-electron chi connectivity index (χ2n) is 8.28. The molecule has 0 fully saturated rings. The summed E-state index contributed by atoms with van der Waals surface area (Å²) < 4.78 is 0. The van der Waals surface area contributed by atoms with E-state index in [1.165, 1.54) is 0 Å². The maximum atomic E-state index is 12.6. The maximum Gasteiger partial charge on any atom is 0.304 e. The first-order chi connectivity index (χ1) is 15.8. The summed E-state index contributed by atoms with van der Waals surface area (Å²) in [6.07, 6.45) is 0.0502. The molecule has 0 saturated heterocycles. The first-order valence-electron chi connectivity index (χ1n) is 10.9. The summed E-state index contributed by atoms with van der Waals surface area (Å²) in [7, 11) is 0. The molecule has 0 radical (unpaired) electrons. The molecule has 0 aliphatic carbocycles. The Morgan fingerprint density at radius 3 is 2.61 bits per heavy atom. The second kappa shape index (κ2) is 9.38. The molecule has 0 amide bonds. The molecule has 1 aliphatic rings. The van der Waals surface area contributed by atoms with Crippen LogP contribution in [0.4, 0.5) is 17.2 Å². The van der Waals surface area contributed by atoms with Crippen molar-refractivity contribution in [2.75, 3.05) is 24.5 Å². The Labute approximate surface area is 191 Å². The molecule has 2 aromatic carbocycles. The maximum absolute atomic E-state index is 12.6. The molecule has 33 heavy (non-hydrogen) atoms. The van der Waals surface area contributed by atoms with Crippen LogP contribution in [0, 0.1) is 13.8 Å². The lowest BCUT2D eigenvalue weighted by molar-refractivity contribution is -0.137. The van der Waals surface area contributed by atoms with Crippen LogP contribution in [0.15, 0.2) is 52.3 Å². The Kier molecular flexibility index (Phi) is 6.37. The first kappa shape index (κ1) is 22.4. The quantitative estimate of drug-likeness (QED) is 0.551. The summed E-state index contributed by atoms with van der Waals surface area (Å²) in [5, 5.41) is 9.48. The zero-order valence-corrected chi connectivity index (χ0v) is 18.8. The SMILES string of the molecule is C=c1nc2c(c(=O)[nH]1)=Nc1cc(C)c(C)cc1N2CCN(CCC(=O)O)Cc1ccccc1. The van der Waals surface area contributed by atoms with Crippen molar-refractivity contribution in [2.24, 2.45) is 4.99 Å². The van der Waals surface area contributed by atoms with Crippen molar-refractivity contribution in [1.82, 2.24) is 14.9 Å². The van der Waals surface area contributed by atoms with Crippen molar-refractivity contribution in [2.45, 2.75) is 26.8 Å². The number of hydrogen-bond acceptors (Lipinski definition) is 6. The van der Waals surface area contributed by atoms with E-state index in [0.29, 0.717) is 32.0 Å². The summed E-state index contributed by atoms with van der Waals surface area (Å²) in [5.41, 5.74) is 4.86. The Balaban J connectivity index is 1.69. The number of aliphatic carboxylic acids is 1. The largest absolute Gasteiger partial charge is 0.481 e. The lowest BCUT2D eigenvalue weighted by atomic mass is 10.1. The van der Waals surface area contributed by atoms with Crippen molar-refractivity contribution >= 4 is 29.7 Å². The molecule has 0 bridgehead atoms. The minimum Gasteiger partial charge on any atom is -0.481 e. The molecule has 1 aliphatic heterocycles. The van der Waals surface area contributed by atoms with Gasteiger partial charge >= 0.3 is 5.97 Å². The van der Waals surface area contributed by atoms with Gasteiger partial charge in [-0.25, -0.2) is 9.98 Å². The van der Waals surface area contributed by atoms with Gasteiger partial charge in [0.05, 0.1) is 17.8 Å². The lowest BCUT2D eigenvalue weighted by Crippen LogP contribution is -2.44. The van der Waals surface area contributed by atoms with Gasteiger partial charge in [0.15, 0.2) is 11.2 Å². The molecule has 8 nitrogen and oxygen atoms in total. The normalized spacial score (nSPS) is 12.3. The monoisotopic (exact) mass is 445 g/mol. The number of aromatic amines is 1. The van der Waals surface area contributed by atoms with Gasteiger partial charge in [-0.05, 0) is 42.7 Å². The van der Waals surface area contributed by atoms with E-state index in [9.17, 15) is 14.7 Å². The van der Waals surface area contributed by atoms with E-state index in [1.54, 1.807) is 0 Å². The average molecular weight is 446 g/mol. The van der Waals surface area contributed by atoms with Crippen LogP contribution in [0.2, 0.25) is 0 Å². The molecule has 0 atom stereocenters. The van der Waals surface area contributed by atoms with Gasteiger partial charge in [-0.2, -0.15) is 0 Å². The number of carboxylic acid groups (broad SMARTS) is 1. The molecule has 170 valence electrons. The summed E-state index contributed by atoms with van der Waals surface area (Å²) in [6.45, 7) is 9.99. The minimum atomic E-state index is -0.832. The van der Waals surface area contributed by atoms with Crippen LogP contribution in [-0.2, 0) is 11.3 Å². The summed E-state index contributed by atoms with van der Waals surface area (Å²) >= 11 is 0. The van der Waals surface area contributed by atoms with Crippen LogP contribution in [-0.4, -0.2) is 45.6 Å². The third kappa shape index (κ3) is 5.01. The number of H-pyrrole nitrogens is 1. The van der Waals surface area contributed by atoms with Gasteiger partial charge in [-0.3, -0.25) is 14.5 Å². The highest BCUT2D eigenvalue weighted by molar-refractivity contribution is 5.77. The highest BCUT2D eigenvalue weighted by atomic mass is 16.4. The van der Waals surface area contributed by atoms with Crippen molar-refractivity contribution in [1.29, 1.82) is 0 Å². The first-order valence-corrected chi connectivity index (χ1v) is 10.9. The molecule has 3 aromatic rings. The smallest absolute Gasteiger partial charge is 0.304 e. The van der Waals surface area contributed by atoms with Crippen molar-refractivity contribution < 1.29 is 9.90 Å². The number of nitrogens with one attached hydrogen (secondary N) is 1. The summed E-state index contributed by atoms with van der Waals surface area (Å²) in [6, 6.07) is 14.0. The van der Waals surface area contributed by atoms with Crippen LogP contribution in [0.1, 0.15) is 23.1 Å². The fraction of sp³-hybridized carbons (Fsp3) is 0.280. The van der Waals surface area contributed by atoms with Crippen LogP contribution in [0.5, 0.6) is 0 Å². The van der Waals surface area contributed by atoms with E-state index in [-0.39, 0.29) is 22.8 Å². The highest BCUT2D eigenvalue weighted by Crippen LogP contribution is 2.36. The number of aromatic nitrogens is 2. The van der Waals surface area contributed by atoms with Gasteiger partial charge in [-0.15, -0.1) is 0 Å². The van der Waals surface area contributed by atoms with E-state index >= 15 is 0 Å². The van der Waals surface area contributed by atoms with Crippen LogP contribution in [0.25, 0.3) is 6.58 Å². The van der Waals surface area contributed by atoms with Crippen molar-refractivity contribution in [3.05, 3.63) is 80.3 Å². The number of benzene rings is 2. The Morgan fingerprint density at radius 2 is 1.88 bits per heavy atom. The highest BCUT2D eigenvalue weighted by Gasteiger charge is 2.24. The van der Waals surface area contributed by atoms with Crippen molar-refractivity contribution in [3.8, 4) is 0 Å². The molecule has 2 heterocycles. The topological polar surface area (TPSA) is 102 Å². The van der Waals surface area contributed by atoms with E-state index < -0.39 is 5.97 Å². The van der Waals surface area contributed by atoms with E-state index in [0.717, 1.165) is 28.1 Å². The molecule has 8 heteroatoms. The number of carbonyl (C=O) groups is 1. The van der Waals surface area contributed by atoms with E-state index in [2.05, 4.69) is 32.5 Å². The summed E-state index contributed by atoms with van der Waals surface area (Å²) in [4.78, 5) is 39.7. The minimum absolute atomic E-state index is 0.0502. The standard InChI is InChI=1S/C25H27N5O3/c1-16-13-20-21(14-17(16)2)30(24-23(28-20)25(33)27-18(3)26-24)12-11-29(10-9-22(31)32)15-19-7-5-4-6-8-19/h4-8,13-14H,3,9-12,15H2,1-2H3,(H,27,33)(H,31,32). The second-order valence-corrected chi connectivity index (χ2v) is 8.28. The zero-order valence-electron chi connectivity index (χ0n) is 18.8. The molecule has 2 N–H and O–H groups in total. The van der Waals surface area contributed by atoms with E-state index in [1.807, 2.05) is 55.1 Å². The fourth-order valence-corrected chi connectivity index (χ4v) is 3.95. The Hall–Kier alpha value is -3.78. The van der Waals surface area contributed by atoms with E-state index in [4.69, 9.17) is 0 Å². The van der Waals surface area contributed by atoms with Gasteiger partial charge in [0, 0.05) is 26.2 Å². The number of nitrogens with zero attached hydrogens (tertiary/aromatic N) is 4. The van der Waals surface area contributed by atoms with Crippen molar-refractivity contribution in [3.63, 3.8) is 0 Å². The molecular weight excluding hydrogens is 418 g/mol. The number of carboxylic acids is 1. The predicted molar refractivity (Wildman–Crippen MR) is 128 cm³/mol. The van der Waals surface area contributed by atoms with Gasteiger partial charge in [-0.1, -0.05) is 36.9 Å². The molecule has 0 saturated carbocycles. The third-order valence-corrected chi connectivity index (χ3v) is 5.83. The van der Waals surface area contributed by atoms with Crippen LogP contribution >= 0.6 is 0 Å². The number of rotatable bonds is 8. The summed E-state index contributed by atoms with van der Waals surface area (Å²) in [5.74, 6) is -0.362. The average Bonchev–Trinajstić information content (AvgIpc) is 2.77. The third-order valence-electron chi connectivity index (χ3n) is 5.83.